The van der Waals surface area contributed by atoms with Gasteiger partial charge in [-0.25, -0.2) is 4.98 Å². The van der Waals surface area contributed by atoms with Gasteiger partial charge in [0.2, 0.25) is 5.91 Å². The van der Waals surface area contributed by atoms with E-state index in [-0.39, 0.29) is 23.4 Å². The van der Waals surface area contributed by atoms with Crippen LogP contribution in [0.25, 0.3) is 0 Å². The van der Waals surface area contributed by atoms with E-state index in [9.17, 15) is 9.59 Å². The predicted molar refractivity (Wildman–Crippen MR) is 61.9 cm³/mol. The van der Waals surface area contributed by atoms with E-state index in [1.165, 1.54) is 6.20 Å². The monoisotopic (exact) mass is 234 g/mol. The van der Waals surface area contributed by atoms with Gasteiger partial charge in [-0.05, 0) is 18.6 Å². The molecule has 0 aromatic carbocycles. The van der Waals surface area contributed by atoms with Gasteiger partial charge in [0.15, 0.2) is 5.69 Å². The van der Waals surface area contributed by atoms with E-state index in [1.54, 1.807) is 17.0 Å². The number of likely N-dealkylation sites (tertiary alicyclic amines) is 1. The molecule has 6 nitrogen and oxygen atoms in total. The summed E-state index contributed by atoms with van der Waals surface area (Å²) < 4.78 is 0. The van der Waals surface area contributed by atoms with Crippen LogP contribution in [0.3, 0.4) is 0 Å². The largest absolute Gasteiger partial charge is 0.397 e. The van der Waals surface area contributed by atoms with E-state index in [2.05, 4.69) is 4.98 Å². The van der Waals surface area contributed by atoms with Gasteiger partial charge in [-0.3, -0.25) is 9.59 Å². The number of nitrogens with two attached hydrogens (primary N) is 2. The quantitative estimate of drug-likeness (QED) is 0.727. The molecule has 0 saturated carbocycles. The summed E-state index contributed by atoms with van der Waals surface area (Å²) in [5, 5.41) is 0. The zero-order valence-corrected chi connectivity index (χ0v) is 9.30. The summed E-state index contributed by atoms with van der Waals surface area (Å²) in [5.41, 5.74) is 11.5. The lowest BCUT2D eigenvalue weighted by atomic mass is 10.1. The van der Waals surface area contributed by atoms with Gasteiger partial charge in [0, 0.05) is 19.3 Å². The van der Waals surface area contributed by atoms with Crippen LogP contribution in [0.5, 0.6) is 0 Å². The second-order valence-electron chi connectivity index (χ2n) is 4.08. The van der Waals surface area contributed by atoms with E-state index in [0.29, 0.717) is 25.2 Å². The van der Waals surface area contributed by atoms with Crippen LogP contribution in [0, 0.1) is 5.92 Å². The highest BCUT2D eigenvalue weighted by Gasteiger charge is 2.31. The first kappa shape index (κ1) is 11.4. The van der Waals surface area contributed by atoms with Crippen LogP contribution >= 0.6 is 0 Å². The Labute approximate surface area is 98.6 Å². The Kier molecular flexibility index (Phi) is 2.95. The maximum absolute atomic E-state index is 12.1. The highest BCUT2D eigenvalue weighted by atomic mass is 16.2. The summed E-state index contributed by atoms with van der Waals surface area (Å²) in [6, 6.07) is 3.30. The molecular formula is C11H14N4O2. The van der Waals surface area contributed by atoms with Gasteiger partial charge in [0.05, 0.1) is 11.6 Å². The van der Waals surface area contributed by atoms with E-state index < -0.39 is 0 Å². The van der Waals surface area contributed by atoms with Crippen LogP contribution in [0.4, 0.5) is 5.69 Å². The van der Waals surface area contributed by atoms with Crippen LogP contribution in [0.15, 0.2) is 18.3 Å². The molecule has 1 aromatic rings. The summed E-state index contributed by atoms with van der Waals surface area (Å²) in [5.74, 6) is -0.870. The molecule has 1 aliphatic rings. The first-order chi connectivity index (χ1) is 8.09. The zero-order chi connectivity index (χ0) is 12.4. The second kappa shape index (κ2) is 4.40. The Morgan fingerprint density at radius 2 is 2.24 bits per heavy atom. The molecule has 90 valence electrons. The van der Waals surface area contributed by atoms with Crippen molar-refractivity contribution in [3.8, 4) is 0 Å². The lowest BCUT2D eigenvalue weighted by Crippen LogP contribution is -2.32. The number of aromatic nitrogens is 1. The fourth-order valence-electron chi connectivity index (χ4n) is 1.92. The van der Waals surface area contributed by atoms with Gasteiger partial charge in [0.25, 0.3) is 5.91 Å². The fraction of sp³-hybridized carbons (Fsp3) is 0.364. The number of anilines is 1. The van der Waals surface area contributed by atoms with Crippen molar-refractivity contribution in [1.82, 2.24) is 9.88 Å². The summed E-state index contributed by atoms with van der Waals surface area (Å²) in [6.45, 7) is 0.868. The molecular weight excluding hydrogens is 220 g/mol. The Morgan fingerprint density at radius 3 is 2.82 bits per heavy atom. The topological polar surface area (TPSA) is 102 Å². The number of hydrogen-bond donors (Lipinski definition) is 2. The Bertz CT molecular complexity index is 461. The highest BCUT2D eigenvalue weighted by molar-refractivity contribution is 5.97. The second-order valence-corrected chi connectivity index (χ2v) is 4.08. The smallest absolute Gasteiger partial charge is 0.274 e. The molecule has 2 amide bonds. The van der Waals surface area contributed by atoms with Crippen LogP contribution in [0.2, 0.25) is 0 Å². The number of carbonyl (C=O) groups is 2. The molecule has 1 saturated heterocycles. The number of primary amides is 1. The van der Waals surface area contributed by atoms with Crippen molar-refractivity contribution < 1.29 is 9.59 Å². The van der Waals surface area contributed by atoms with Crippen LogP contribution < -0.4 is 11.5 Å². The maximum atomic E-state index is 12.1. The van der Waals surface area contributed by atoms with Crippen molar-refractivity contribution in [2.24, 2.45) is 11.7 Å². The molecule has 1 fully saturated rings. The van der Waals surface area contributed by atoms with Gasteiger partial charge in [-0.15, -0.1) is 0 Å². The molecule has 1 aliphatic heterocycles. The fourth-order valence-corrected chi connectivity index (χ4v) is 1.92. The third-order valence-electron chi connectivity index (χ3n) is 2.92. The van der Waals surface area contributed by atoms with E-state index in [0.717, 1.165) is 0 Å². The standard InChI is InChI=1S/C11H14N4O2/c12-8-2-1-4-14-9(8)11(17)15-5-3-7(6-15)10(13)16/h1-2,4,7H,3,5-6,12H2,(H2,13,16). The number of amides is 2. The first-order valence-corrected chi connectivity index (χ1v) is 5.38. The minimum Gasteiger partial charge on any atom is -0.397 e. The molecule has 0 aliphatic carbocycles. The molecule has 4 N–H and O–H groups in total. The Hall–Kier alpha value is -2.11. The van der Waals surface area contributed by atoms with Gasteiger partial charge in [0.1, 0.15) is 0 Å². The number of hydrogen-bond acceptors (Lipinski definition) is 4. The number of nitrogen functional groups attached to an aromatic ring is 1. The lowest BCUT2D eigenvalue weighted by Gasteiger charge is -2.16. The van der Waals surface area contributed by atoms with Crippen molar-refractivity contribution in [3.63, 3.8) is 0 Å². The Balaban J connectivity index is 2.13. The summed E-state index contributed by atoms with van der Waals surface area (Å²) >= 11 is 0. The van der Waals surface area contributed by atoms with Crippen LogP contribution in [-0.4, -0.2) is 34.8 Å². The van der Waals surface area contributed by atoms with Gasteiger partial charge in [-0.1, -0.05) is 0 Å². The minimum atomic E-state index is -0.366. The predicted octanol–water partition coefficient (Wildman–Crippen LogP) is -0.389. The summed E-state index contributed by atoms with van der Waals surface area (Å²) in [4.78, 5) is 28.6. The van der Waals surface area contributed by atoms with Crippen molar-refractivity contribution in [2.75, 3.05) is 18.8 Å². The molecule has 1 unspecified atom stereocenters. The molecule has 1 atom stereocenters. The van der Waals surface area contributed by atoms with Crippen molar-refractivity contribution >= 4 is 17.5 Å². The molecule has 17 heavy (non-hydrogen) atoms. The molecule has 2 heterocycles. The van der Waals surface area contributed by atoms with Crippen molar-refractivity contribution in [1.29, 1.82) is 0 Å². The van der Waals surface area contributed by atoms with Crippen molar-refractivity contribution in [3.05, 3.63) is 24.0 Å². The lowest BCUT2D eigenvalue weighted by molar-refractivity contribution is -0.121. The molecule has 0 spiro atoms. The molecule has 2 rings (SSSR count). The van der Waals surface area contributed by atoms with Gasteiger partial charge in [-0.2, -0.15) is 0 Å². The number of pyridine rings is 1. The van der Waals surface area contributed by atoms with Gasteiger partial charge >= 0.3 is 0 Å². The van der Waals surface area contributed by atoms with Crippen LogP contribution in [0.1, 0.15) is 16.9 Å². The third-order valence-corrected chi connectivity index (χ3v) is 2.92. The number of carbonyl (C=O) groups excluding carboxylic acids is 2. The SMILES string of the molecule is NC(=O)C1CCN(C(=O)c2ncccc2N)C1. The molecule has 0 bridgehead atoms. The maximum Gasteiger partial charge on any atom is 0.274 e. The summed E-state index contributed by atoms with van der Waals surface area (Å²) in [6.07, 6.45) is 2.12. The number of rotatable bonds is 2. The van der Waals surface area contributed by atoms with Gasteiger partial charge < -0.3 is 16.4 Å². The average Bonchev–Trinajstić information content (AvgIpc) is 2.78. The van der Waals surface area contributed by atoms with E-state index >= 15 is 0 Å². The zero-order valence-electron chi connectivity index (χ0n) is 9.30. The number of nitrogens with zero attached hydrogens (tertiary/aromatic N) is 2. The minimum absolute atomic E-state index is 0.234. The third kappa shape index (κ3) is 2.20. The molecule has 6 heteroatoms. The van der Waals surface area contributed by atoms with Crippen LogP contribution in [-0.2, 0) is 4.79 Å². The van der Waals surface area contributed by atoms with E-state index in [4.69, 9.17) is 11.5 Å². The van der Waals surface area contributed by atoms with Crippen molar-refractivity contribution in [2.45, 2.75) is 6.42 Å². The highest BCUT2D eigenvalue weighted by Crippen LogP contribution is 2.19. The van der Waals surface area contributed by atoms with E-state index in [1.807, 2.05) is 0 Å². The summed E-state index contributed by atoms with van der Waals surface area (Å²) in [7, 11) is 0. The molecule has 1 aromatic heterocycles. The Morgan fingerprint density at radius 1 is 1.47 bits per heavy atom. The first-order valence-electron chi connectivity index (χ1n) is 5.38. The average molecular weight is 234 g/mol. The normalized spacial score (nSPS) is 19.3. The molecule has 0 radical (unpaired) electrons.